The zero-order valence-corrected chi connectivity index (χ0v) is 43.0. The molecule has 31 nitrogen and oxygen atoms in total. The predicted octanol–water partition coefficient (Wildman–Crippen LogP) is -2.18. The number of nitrogens with zero attached hydrogens (tertiary/aromatic N) is 3. The standard InChI is InChI=1S/C47H54Cl2N22O9/c48-26-14-10-23(11-15-26)29-21-30(24-12-16-27(49)17-13-24)60-47(59-29)71(20-4-5-22-8-18-28(19-9-22)70-80-79)42(78)41(77)61-31(25-6-2-1-3-7-25)37(73)63-34(67-44(53)54)39(75)65-36(69-46(57)58)40(76)64-35(68-45(55)56)38(74)62-33(32(50)72)66-43(51)52/h1-19,21,31,33-36,42,70,78-79H,20H2,(H2,50,72)(H,61,77)(H,62,74)(H,63,73)(H,64,76)(H,65,75)(H4,51,52,66)(H4,53,54,67)(H4,55,56,68)(H4,57,58,69)/b5-4-. The number of rotatable bonds is 25. The Kier molecular flexibility index (Phi) is 21.7. The van der Waals surface area contributed by atoms with Gasteiger partial charge in [0.15, 0.2) is 48.5 Å². The predicted molar refractivity (Wildman–Crippen MR) is 294 cm³/mol. The van der Waals surface area contributed by atoms with E-state index >= 15 is 0 Å². The van der Waals surface area contributed by atoms with Crippen molar-refractivity contribution >= 4 is 100 Å². The highest BCUT2D eigenvalue weighted by molar-refractivity contribution is 6.31. The third-order valence-electron chi connectivity index (χ3n) is 10.6. The van der Waals surface area contributed by atoms with Crippen molar-refractivity contribution < 1.29 is 44.1 Å². The lowest BCUT2D eigenvalue weighted by molar-refractivity contribution is -0.215. The van der Waals surface area contributed by atoms with E-state index in [1.165, 1.54) is 24.3 Å². The molecule has 1 aromatic heterocycles. The van der Waals surface area contributed by atoms with Crippen molar-refractivity contribution in [2.24, 2.45) is 28.7 Å². The van der Waals surface area contributed by atoms with Gasteiger partial charge in [0.05, 0.1) is 17.1 Å². The van der Waals surface area contributed by atoms with E-state index in [4.69, 9.17) is 88.7 Å². The van der Waals surface area contributed by atoms with Crippen molar-refractivity contribution in [2.45, 2.75) is 36.9 Å². The molecule has 0 radical (unpaired) electrons. The van der Waals surface area contributed by atoms with Gasteiger partial charge in [-0.2, -0.15) is 0 Å². The molecule has 420 valence electrons. The molecule has 6 amide bonds. The first-order valence-electron chi connectivity index (χ1n) is 23.0. The summed E-state index contributed by atoms with van der Waals surface area (Å²) >= 11 is 12.4. The summed E-state index contributed by atoms with van der Waals surface area (Å²) in [6.45, 7) is -0.268. The summed E-state index contributed by atoms with van der Waals surface area (Å²) in [5.74, 6) is -11.4. The van der Waals surface area contributed by atoms with Crippen molar-refractivity contribution in [2.75, 3.05) is 16.9 Å². The van der Waals surface area contributed by atoms with Gasteiger partial charge in [-0.15, -0.1) is 4.99 Å². The first-order valence-corrected chi connectivity index (χ1v) is 23.7. The molecule has 33 heteroatoms. The lowest BCUT2D eigenvalue weighted by Gasteiger charge is -2.30. The lowest BCUT2D eigenvalue weighted by atomic mass is 10.1. The maximum Gasteiger partial charge on any atom is 0.271 e. The van der Waals surface area contributed by atoms with Crippen molar-refractivity contribution in [3.63, 3.8) is 0 Å². The molecule has 5 rings (SSSR count). The highest BCUT2D eigenvalue weighted by atomic mass is 35.5. The highest BCUT2D eigenvalue weighted by Crippen LogP contribution is 2.29. The monoisotopic (exact) mass is 1140 g/mol. The number of amides is 6. The fourth-order valence-corrected chi connectivity index (χ4v) is 7.17. The van der Waals surface area contributed by atoms with Gasteiger partial charge in [0.1, 0.15) is 6.04 Å². The number of guanidine groups is 4. The topological polar surface area (TPSA) is 527 Å². The number of aliphatic hydroxyl groups excluding tert-OH is 1. The fourth-order valence-electron chi connectivity index (χ4n) is 6.92. The van der Waals surface area contributed by atoms with Crippen LogP contribution in [0, 0.1) is 21.6 Å². The number of anilines is 2. The van der Waals surface area contributed by atoms with Crippen molar-refractivity contribution in [3.8, 4) is 22.5 Å². The summed E-state index contributed by atoms with van der Waals surface area (Å²) in [6, 6.07) is 27.3. The van der Waals surface area contributed by atoms with E-state index < -0.39 is 96.2 Å². The molecular weight excluding hydrogens is 1090 g/mol. The number of primary amides is 1. The second kappa shape index (κ2) is 28.7. The number of hydrogen-bond acceptors (Lipinski definition) is 17. The molecule has 6 unspecified atom stereocenters. The molecular formula is C47H54Cl2N22O9. The average Bonchev–Trinajstić information content (AvgIpc) is 3.41. The Morgan fingerprint density at radius 2 is 0.988 bits per heavy atom. The number of aliphatic hydroxyl groups is 1. The molecule has 0 spiro atoms. The van der Waals surface area contributed by atoms with E-state index in [1.807, 2.05) is 5.32 Å². The summed E-state index contributed by atoms with van der Waals surface area (Å²) in [4.78, 5) is 96.4. The molecule has 80 heavy (non-hydrogen) atoms. The Morgan fingerprint density at radius 1 is 0.562 bits per heavy atom. The molecule has 0 fully saturated rings. The van der Waals surface area contributed by atoms with Crippen LogP contribution in [0.4, 0.5) is 11.6 Å². The molecule has 4 aromatic carbocycles. The van der Waals surface area contributed by atoms with Crippen LogP contribution in [-0.2, 0) is 33.8 Å². The number of nitrogens with one attached hydrogen (secondary N) is 14. The van der Waals surface area contributed by atoms with Gasteiger partial charge in [-0.1, -0.05) is 102 Å². The third kappa shape index (κ3) is 18.2. The zero-order valence-electron chi connectivity index (χ0n) is 41.5. The molecule has 26 N–H and O–H groups in total. The third-order valence-corrected chi connectivity index (χ3v) is 11.1. The lowest BCUT2D eigenvalue weighted by Crippen LogP contribution is -2.68. The molecule has 1 heterocycles. The second-order valence-corrected chi connectivity index (χ2v) is 17.3. The molecule has 6 atom stereocenters. The summed E-state index contributed by atoms with van der Waals surface area (Å²) in [5, 5.41) is 72.0. The Bertz CT molecular complexity index is 3040. The van der Waals surface area contributed by atoms with Crippen LogP contribution in [0.1, 0.15) is 17.2 Å². The minimum atomic E-state index is -2.20. The number of carbonyl (C=O) groups is 6. The van der Waals surface area contributed by atoms with Gasteiger partial charge < -0.3 is 86.5 Å². The first-order chi connectivity index (χ1) is 38.0. The van der Waals surface area contributed by atoms with Gasteiger partial charge >= 0.3 is 0 Å². The van der Waals surface area contributed by atoms with E-state index in [-0.39, 0.29) is 18.1 Å². The summed E-state index contributed by atoms with van der Waals surface area (Å²) in [7, 11) is 0. The number of nitrogens with two attached hydrogens (primary N) is 5. The van der Waals surface area contributed by atoms with Crippen LogP contribution in [0.5, 0.6) is 0 Å². The minimum absolute atomic E-state index is 0.0874. The Morgan fingerprint density at radius 3 is 1.41 bits per heavy atom. The van der Waals surface area contributed by atoms with Gasteiger partial charge in [0.25, 0.3) is 29.5 Å². The molecule has 0 aliphatic rings. The van der Waals surface area contributed by atoms with Gasteiger partial charge in [-0.05, 0) is 53.6 Å². The number of carbonyl (C=O) groups excluding carboxylic acids is 6. The van der Waals surface area contributed by atoms with E-state index in [1.54, 1.807) is 97.1 Å². The van der Waals surface area contributed by atoms with Crippen LogP contribution in [0.25, 0.3) is 28.6 Å². The summed E-state index contributed by atoms with van der Waals surface area (Å²) in [6.07, 6.45) is -7.06. The SMILES string of the molecule is N=C(N)NC(NC(=O)C(NC(=N)N)NC(=O)C(NC(=N)N)NC(=O)C(NC(=N)N)NC(=O)C(NC(=O)C(O)N(C/C=C\c1ccc(NOO)cc1)c1nc(-c2ccc(Cl)cc2)cc(-c2ccc(Cl)cc2)n1)c1ccccc1)C(N)=O. The van der Waals surface area contributed by atoms with Crippen LogP contribution in [-0.4, -0.2) is 117 Å². The number of aromatic nitrogens is 2. The van der Waals surface area contributed by atoms with E-state index in [0.29, 0.717) is 43.8 Å². The fraction of sp³-hybridized carbons (Fsp3) is 0.149. The molecule has 0 saturated heterocycles. The van der Waals surface area contributed by atoms with Gasteiger partial charge in [0.2, 0.25) is 18.1 Å². The van der Waals surface area contributed by atoms with Crippen molar-refractivity contribution in [3.05, 3.63) is 136 Å². The van der Waals surface area contributed by atoms with Gasteiger partial charge in [-0.3, -0.25) is 50.4 Å². The Balaban J connectivity index is 1.48. The maximum absolute atomic E-state index is 14.6. The summed E-state index contributed by atoms with van der Waals surface area (Å²) in [5.41, 5.74) is 32.2. The van der Waals surface area contributed by atoms with E-state index in [0.717, 1.165) is 4.90 Å². The smallest absolute Gasteiger partial charge is 0.271 e. The van der Waals surface area contributed by atoms with Gasteiger partial charge in [0, 0.05) is 27.7 Å². The summed E-state index contributed by atoms with van der Waals surface area (Å²) < 4.78 is 0. The molecule has 0 saturated carbocycles. The number of benzene rings is 4. The zero-order chi connectivity index (χ0) is 58.6. The van der Waals surface area contributed by atoms with Crippen LogP contribution in [0.3, 0.4) is 0 Å². The van der Waals surface area contributed by atoms with Crippen molar-refractivity contribution in [1.29, 1.82) is 21.6 Å². The van der Waals surface area contributed by atoms with Crippen LogP contribution in [0.2, 0.25) is 10.0 Å². The minimum Gasteiger partial charge on any atom is -0.370 e. The Labute approximate surface area is 463 Å². The van der Waals surface area contributed by atoms with Crippen LogP contribution in [0.15, 0.2) is 115 Å². The largest absolute Gasteiger partial charge is 0.370 e. The Hall–Kier alpha value is -10.3. The van der Waals surface area contributed by atoms with Crippen LogP contribution < -0.4 is 86.9 Å². The second-order valence-electron chi connectivity index (χ2n) is 16.4. The molecule has 5 aromatic rings. The normalized spacial score (nSPS) is 13.0. The quantitative estimate of drug-likeness (QED) is 0.00971. The van der Waals surface area contributed by atoms with E-state index in [9.17, 15) is 33.9 Å². The molecule has 0 aliphatic carbocycles. The van der Waals surface area contributed by atoms with Gasteiger partial charge in [-0.25, -0.2) is 20.7 Å². The molecule has 0 bridgehead atoms. The highest BCUT2D eigenvalue weighted by Gasteiger charge is 2.35. The van der Waals surface area contributed by atoms with E-state index in [2.05, 4.69) is 53.0 Å². The first kappa shape index (κ1) is 60.5. The number of halogens is 2. The average molecular weight is 1140 g/mol. The number of hydrogen-bond donors (Lipinski definition) is 21. The van der Waals surface area contributed by atoms with Crippen LogP contribution >= 0.6 is 23.2 Å². The molecule has 0 aliphatic heterocycles. The maximum atomic E-state index is 14.6. The van der Waals surface area contributed by atoms with Crippen molar-refractivity contribution in [1.82, 2.24) is 57.8 Å².